The Kier molecular flexibility index (Phi) is 5.79. The maximum absolute atomic E-state index is 12.9. The van der Waals surface area contributed by atoms with Crippen molar-refractivity contribution in [3.05, 3.63) is 62.2 Å². The number of nitrogens with one attached hydrogen (secondary N) is 2. The van der Waals surface area contributed by atoms with Gasteiger partial charge in [-0.3, -0.25) is 9.59 Å². The van der Waals surface area contributed by atoms with Crippen LogP contribution < -0.4 is 16.2 Å². The molecule has 0 fully saturated rings. The molecule has 9 heteroatoms. The third kappa shape index (κ3) is 3.30. The van der Waals surface area contributed by atoms with Crippen LogP contribution in [0.3, 0.4) is 0 Å². The second kappa shape index (κ2) is 7.95. The fourth-order valence-electron chi connectivity index (χ4n) is 3.63. The zero-order valence-corrected chi connectivity index (χ0v) is 17.2. The molecule has 0 saturated heterocycles. The molecule has 0 spiro atoms. The van der Waals surface area contributed by atoms with Gasteiger partial charge in [0.25, 0.3) is 11.5 Å². The number of fused-ring (bicyclic) bond motifs is 2. The molecule has 1 aromatic carbocycles. The van der Waals surface area contributed by atoms with E-state index in [1.54, 1.807) is 18.2 Å². The van der Waals surface area contributed by atoms with E-state index in [0.717, 1.165) is 29.8 Å². The molecule has 3 aromatic rings. The SMILES string of the molecule is CCn1c2c(c(=O)n3ncc(C(=O)Nc4ccc(Cl)cc4C)c13)CNCC2.Cl. The van der Waals surface area contributed by atoms with Gasteiger partial charge in [0.15, 0.2) is 5.65 Å². The minimum Gasteiger partial charge on any atom is -0.329 e. The molecule has 4 rings (SSSR count). The number of nitrogens with zero attached hydrogens (tertiary/aromatic N) is 3. The van der Waals surface area contributed by atoms with Crippen molar-refractivity contribution in [3.8, 4) is 0 Å². The maximum Gasteiger partial charge on any atom is 0.279 e. The van der Waals surface area contributed by atoms with Crippen LogP contribution in [0.15, 0.2) is 29.2 Å². The van der Waals surface area contributed by atoms with Gasteiger partial charge in [-0.25, -0.2) is 0 Å². The summed E-state index contributed by atoms with van der Waals surface area (Å²) in [7, 11) is 0. The number of amides is 1. The number of aryl methyl sites for hydroxylation is 2. The largest absolute Gasteiger partial charge is 0.329 e. The van der Waals surface area contributed by atoms with Crippen molar-refractivity contribution in [3.63, 3.8) is 0 Å². The molecule has 0 saturated carbocycles. The molecule has 0 bridgehead atoms. The number of anilines is 1. The first kappa shape index (κ1) is 20.4. The number of benzene rings is 1. The van der Waals surface area contributed by atoms with Gasteiger partial charge < -0.3 is 15.2 Å². The van der Waals surface area contributed by atoms with Crippen LogP contribution in [-0.2, 0) is 19.5 Å². The molecule has 1 aliphatic rings. The Balaban J connectivity index is 0.00000225. The van der Waals surface area contributed by atoms with E-state index in [4.69, 9.17) is 11.6 Å². The van der Waals surface area contributed by atoms with Crippen LogP contribution in [0.1, 0.15) is 34.1 Å². The van der Waals surface area contributed by atoms with E-state index in [1.807, 2.05) is 18.4 Å². The number of rotatable bonds is 3. The first-order valence-corrected chi connectivity index (χ1v) is 9.29. The Morgan fingerprint density at radius 1 is 1.39 bits per heavy atom. The first-order chi connectivity index (χ1) is 13.0. The zero-order valence-electron chi connectivity index (χ0n) is 15.6. The predicted molar refractivity (Wildman–Crippen MR) is 112 cm³/mol. The van der Waals surface area contributed by atoms with Crippen molar-refractivity contribution < 1.29 is 4.79 Å². The molecule has 0 unspecified atom stereocenters. The van der Waals surface area contributed by atoms with E-state index in [2.05, 4.69) is 15.7 Å². The van der Waals surface area contributed by atoms with E-state index < -0.39 is 0 Å². The molecule has 148 valence electrons. The Labute approximate surface area is 173 Å². The van der Waals surface area contributed by atoms with Crippen LogP contribution in [0.5, 0.6) is 0 Å². The summed E-state index contributed by atoms with van der Waals surface area (Å²) < 4.78 is 3.35. The fraction of sp³-hybridized carbons (Fsp3) is 0.316. The van der Waals surface area contributed by atoms with Crippen LogP contribution in [0.4, 0.5) is 5.69 Å². The fourth-order valence-corrected chi connectivity index (χ4v) is 3.86. The monoisotopic (exact) mass is 421 g/mol. The number of carbonyl (C=O) groups excluding carboxylic acids is 1. The summed E-state index contributed by atoms with van der Waals surface area (Å²) in [5.41, 5.74) is 3.99. The van der Waals surface area contributed by atoms with Gasteiger partial charge in [-0.15, -0.1) is 12.4 Å². The van der Waals surface area contributed by atoms with Gasteiger partial charge >= 0.3 is 0 Å². The average Bonchev–Trinajstić information content (AvgIpc) is 3.10. The van der Waals surface area contributed by atoms with Crippen molar-refractivity contribution >= 4 is 41.2 Å². The van der Waals surface area contributed by atoms with Crippen molar-refractivity contribution in [2.45, 2.75) is 33.4 Å². The van der Waals surface area contributed by atoms with Crippen molar-refractivity contribution in [1.29, 1.82) is 0 Å². The van der Waals surface area contributed by atoms with Crippen LogP contribution >= 0.6 is 24.0 Å². The van der Waals surface area contributed by atoms with Crippen molar-refractivity contribution in [2.24, 2.45) is 0 Å². The van der Waals surface area contributed by atoms with Gasteiger partial charge in [0.05, 0.1) is 11.8 Å². The summed E-state index contributed by atoms with van der Waals surface area (Å²) in [6.07, 6.45) is 2.21. The molecular weight excluding hydrogens is 401 g/mol. The summed E-state index contributed by atoms with van der Waals surface area (Å²) in [6, 6.07) is 5.28. The van der Waals surface area contributed by atoms with Gasteiger partial charge in [-0.1, -0.05) is 11.6 Å². The number of carbonyl (C=O) groups is 1. The van der Waals surface area contributed by atoms with E-state index in [1.165, 1.54) is 10.7 Å². The standard InChI is InChI=1S/C19H20ClN5O2.ClH/c1-3-24-16-6-7-21-9-13(16)19(27)25-18(24)14(10-22-25)17(26)23-15-5-4-12(20)8-11(15)2;/h4-5,8,10,21H,3,6-7,9H2,1-2H3,(H,23,26);1H. The summed E-state index contributed by atoms with van der Waals surface area (Å²) in [5, 5.41) is 11.0. The lowest BCUT2D eigenvalue weighted by atomic mass is 10.1. The second-order valence-electron chi connectivity index (χ2n) is 6.61. The van der Waals surface area contributed by atoms with Crippen molar-refractivity contribution in [2.75, 3.05) is 11.9 Å². The zero-order chi connectivity index (χ0) is 19.1. The third-order valence-corrected chi connectivity index (χ3v) is 5.20. The lowest BCUT2D eigenvalue weighted by Crippen LogP contribution is -2.36. The highest BCUT2D eigenvalue weighted by Crippen LogP contribution is 2.22. The van der Waals surface area contributed by atoms with Crippen molar-refractivity contribution in [1.82, 2.24) is 19.5 Å². The molecule has 2 aromatic heterocycles. The highest BCUT2D eigenvalue weighted by molar-refractivity contribution is 6.30. The lowest BCUT2D eigenvalue weighted by molar-refractivity contribution is 0.102. The number of hydrogen-bond acceptors (Lipinski definition) is 4. The van der Waals surface area contributed by atoms with Gasteiger partial charge in [0, 0.05) is 42.5 Å². The van der Waals surface area contributed by atoms with Crippen LogP contribution in [0.2, 0.25) is 5.02 Å². The summed E-state index contributed by atoms with van der Waals surface area (Å²) in [4.78, 5) is 25.8. The van der Waals surface area contributed by atoms with Gasteiger partial charge in [-0.05, 0) is 37.6 Å². The Morgan fingerprint density at radius 3 is 2.89 bits per heavy atom. The highest BCUT2D eigenvalue weighted by Gasteiger charge is 2.24. The van der Waals surface area contributed by atoms with Crippen LogP contribution in [0, 0.1) is 6.92 Å². The van der Waals surface area contributed by atoms with Crippen LogP contribution in [0.25, 0.3) is 5.65 Å². The second-order valence-corrected chi connectivity index (χ2v) is 7.04. The number of hydrogen-bond donors (Lipinski definition) is 2. The third-order valence-electron chi connectivity index (χ3n) is 4.96. The molecule has 0 aliphatic carbocycles. The van der Waals surface area contributed by atoms with Gasteiger partial charge in [0.1, 0.15) is 5.56 Å². The van der Waals surface area contributed by atoms with E-state index >= 15 is 0 Å². The molecule has 1 aliphatic heterocycles. The van der Waals surface area contributed by atoms with E-state index in [-0.39, 0.29) is 23.9 Å². The molecule has 0 atom stereocenters. The molecular formula is C19H21Cl2N5O2. The smallest absolute Gasteiger partial charge is 0.279 e. The molecule has 2 N–H and O–H groups in total. The minimum atomic E-state index is -0.300. The normalized spacial score (nSPS) is 13.1. The molecule has 0 radical (unpaired) electrons. The summed E-state index contributed by atoms with van der Waals surface area (Å²) in [5.74, 6) is -0.300. The molecule has 3 heterocycles. The predicted octanol–water partition coefficient (Wildman–Crippen LogP) is 2.80. The molecule has 1 amide bonds. The van der Waals surface area contributed by atoms with E-state index in [0.29, 0.717) is 35.0 Å². The summed E-state index contributed by atoms with van der Waals surface area (Å²) in [6.45, 7) is 5.86. The average molecular weight is 422 g/mol. The van der Waals surface area contributed by atoms with Crippen LogP contribution in [-0.4, -0.2) is 26.6 Å². The lowest BCUT2D eigenvalue weighted by Gasteiger charge is -2.22. The number of aromatic nitrogens is 3. The Hall–Kier alpha value is -2.35. The Morgan fingerprint density at radius 2 is 2.18 bits per heavy atom. The van der Waals surface area contributed by atoms with Gasteiger partial charge in [-0.2, -0.15) is 9.61 Å². The van der Waals surface area contributed by atoms with E-state index in [9.17, 15) is 9.59 Å². The maximum atomic E-state index is 12.9. The minimum absolute atomic E-state index is 0. The molecule has 7 nitrogen and oxygen atoms in total. The Bertz CT molecular complexity index is 1120. The molecule has 28 heavy (non-hydrogen) atoms. The quantitative estimate of drug-likeness (QED) is 0.681. The number of halogens is 2. The highest BCUT2D eigenvalue weighted by atomic mass is 35.5. The summed E-state index contributed by atoms with van der Waals surface area (Å²) >= 11 is 5.99. The van der Waals surface area contributed by atoms with Gasteiger partial charge in [0.2, 0.25) is 0 Å². The topological polar surface area (TPSA) is 80.4 Å². The first-order valence-electron chi connectivity index (χ1n) is 8.91.